The first-order valence-electron chi connectivity index (χ1n) is 7.37. The molecule has 1 aromatic rings. The Kier molecular flexibility index (Phi) is 4.20. The van der Waals surface area contributed by atoms with E-state index in [1.54, 1.807) is 0 Å². The molecule has 2 aliphatic heterocycles. The van der Waals surface area contributed by atoms with Crippen molar-refractivity contribution in [2.24, 2.45) is 5.41 Å². The van der Waals surface area contributed by atoms with Crippen LogP contribution in [0, 0.1) is 5.41 Å². The second kappa shape index (κ2) is 5.92. The van der Waals surface area contributed by atoms with E-state index in [9.17, 15) is 0 Å². The number of hydrogen-bond donors (Lipinski definition) is 1. The summed E-state index contributed by atoms with van der Waals surface area (Å²) in [6, 6.07) is 6.22. The van der Waals surface area contributed by atoms with E-state index in [1.165, 1.54) is 18.4 Å². The third-order valence-corrected chi connectivity index (χ3v) is 4.50. The summed E-state index contributed by atoms with van der Waals surface area (Å²) < 4.78 is 11.1. The fourth-order valence-corrected chi connectivity index (χ4v) is 3.05. The van der Waals surface area contributed by atoms with Crippen LogP contribution in [0.1, 0.15) is 31.2 Å². The van der Waals surface area contributed by atoms with Crippen molar-refractivity contribution in [3.63, 3.8) is 0 Å². The second-order valence-corrected chi connectivity index (χ2v) is 6.73. The SMILES string of the molecule is CC1(COc2ccc(C3CCCNC3)cc2Cl)COC1. The number of hydrogen-bond acceptors (Lipinski definition) is 3. The van der Waals surface area contributed by atoms with E-state index in [0.717, 1.165) is 37.1 Å². The first-order chi connectivity index (χ1) is 9.66. The van der Waals surface area contributed by atoms with E-state index in [0.29, 0.717) is 12.5 Å². The molecule has 0 amide bonds. The molecule has 2 saturated heterocycles. The highest BCUT2D eigenvalue weighted by Gasteiger charge is 2.34. The lowest BCUT2D eigenvalue weighted by atomic mass is 9.90. The molecule has 2 aliphatic rings. The van der Waals surface area contributed by atoms with Gasteiger partial charge in [0.2, 0.25) is 0 Å². The lowest BCUT2D eigenvalue weighted by Gasteiger charge is -2.37. The molecule has 3 rings (SSSR count). The monoisotopic (exact) mass is 295 g/mol. The zero-order valence-electron chi connectivity index (χ0n) is 12.0. The van der Waals surface area contributed by atoms with Crippen molar-refractivity contribution in [1.29, 1.82) is 0 Å². The number of benzene rings is 1. The molecule has 20 heavy (non-hydrogen) atoms. The maximum Gasteiger partial charge on any atom is 0.137 e. The Labute approximate surface area is 125 Å². The van der Waals surface area contributed by atoms with E-state index in [1.807, 2.05) is 6.07 Å². The van der Waals surface area contributed by atoms with Crippen LogP contribution in [0.3, 0.4) is 0 Å². The van der Waals surface area contributed by atoms with Crippen LogP contribution >= 0.6 is 11.6 Å². The van der Waals surface area contributed by atoms with E-state index in [2.05, 4.69) is 24.4 Å². The fraction of sp³-hybridized carbons (Fsp3) is 0.625. The Bertz CT molecular complexity index is 468. The molecule has 1 unspecified atom stereocenters. The van der Waals surface area contributed by atoms with Gasteiger partial charge in [0.15, 0.2) is 0 Å². The number of ether oxygens (including phenoxy) is 2. The molecule has 0 bridgehead atoms. The van der Waals surface area contributed by atoms with E-state index in [4.69, 9.17) is 21.1 Å². The first kappa shape index (κ1) is 14.2. The summed E-state index contributed by atoms with van der Waals surface area (Å²) in [6.45, 7) is 6.56. The van der Waals surface area contributed by atoms with E-state index >= 15 is 0 Å². The van der Waals surface area contributed by atoms with Gasteiger partial charge in [0.25, 0.3) is 0 Å². The van der Waals surface area contributed by atoms with Gasteiger partial charge in [0.1, 0.15) is 5.75 Å². The predicted octanol–water partition coefficient (Wildman–Crippen LogP) is 3.22. The average Bonchev–Trinajstić information content (AvgIpc) is 2.45. The van der Waals surface area contributed by atoms with Gasteiger partial charge in [-0.05, 0) is 43.0 Å². The minimum atomic E-state index is 0.148. The minimum absolute atomic E-state index is 0.148. The maximum absolute atomic E-state index is 6.36. The standard InChI is InChI=1S/C16H22ClNO2/c1-16(9-19-10-16)11-20-15-5-4-12(7-14(15)17)13-3-2-6-18-8-13/h4-5,7,13,18H,2-3,6,8-11H2,1H3. The highest BCUT2D eigenvalue weighted by molar-refractivity contribution is 6.32. The van der Waals surface area contributed by atoms with Gasteiger partial charge in [0.05, 0.1) is 24.8 Å². The molecule has 0 spiro atoms. The van der Waals surface area contributed by atoms with Crippen LogP contribution in [0.2, 0.25) is 5.02 Å². The Hall–Kier alpha value is -0.770. The van der Waals surface area contributed by atoms with Crippen molar-refractivity contribution in [1.82, 2.24) is 5.32 Å². The predicted molar refractivity (Wildman–Crippen MR) is 80.7 cm³/mol. The van der Waals surface area contributed by atoms with Gasteiger partial charge < -0.3 is 14.8 Å². The van der Waals surface area contributed by atoms with Crippen LogP contribution in [0.15, 0.2) is 18.2 Å². The molecule has 110 valence electrons. The molecule has 4 heteroatoms. The van der Waals surface area contributed by atoms with Gasteiger partial charge in [0, 0.05) is 12.0 Å². The van der Waals surface area contributed by atoms with Gasteiger partial charge in [-0.25, -0.2) is 0 Å². The molecule has 3 nitrogen and oxygen atoms in total. The van der Waals surface area contributed by atoms with Crippen LogP contribution in [-0.2, 0) is 4.74 Å². The molecule has 2 fully saturated rings. The largest absolute Gasteiger partial charge is 0.491 e. The quantitative estimate of drug-likeness (QED) is 0.925. The van der Waals surface area contributed by atoms with Crippen molar-refractivity contribution in [3.05, 3.63) is 28.8 Å². The van der Waals surface area contributed by atoms with Crippen LogP contribution in [0.4, 0.5) is 0 Å². The highest BCUT2D eigenvalue weighted by atomic mass is 35.5. The minimum Gasteiger partial charge on any atom is -0.491 e. The van der Waals surface area contributed by atoms with Gasteiger partial charge in [-0.2, -0.15) is 0 Å². The average molecular weight is 296 g/mol. The number of rotatable bonds is 4. The Morgan fingerprint density at radius 1 is 1.45 bits per heavy atom. The summed E-state index contributed by atoms with van der Waals surface area (Å²) in [4.78, 5) is 0. The Morgan fingerprint density at radius 3 is 2.90 bits per heavy atom. The lowest BCUT2D eigenvalue weighted by Crippen LogP contribution is -2.44. The number of piperidine rings is 1. The Balaban J connectivity index is 1.64. The molecule has 1 N–H and O–H groups in total. The number of nitrogens with one attached hydrogen (secondary N) is 1. The molecular weight excluding hydrogens is 274 g/mol. The molecule has 1 aromatic carbocycles. The zero-order valence-corrected chi connectivity index (χ0v) is 12.7. The smallest absolute Gasteiger partial charge is 0.137 e. The lowest BCUT2D eigenvalue weighted by molar-refractivity contribution is -0.120. The normalized spacial score (nSPS) is 25.0. The van der Waals surface area contributed by atoms with Gasteiger partial charge in [-0.15, -0.1) is 0 Å². The summed E-state index contributed by atoms with van der Waals surface area (Å²) >= 11 is 6.36. The van der Waals surface area contributed by atoms with Crippen LogP contribution in [-0.4, -0.2) is 32.9 Å². The van der Waals surface area contributed by atoms with Crippen LogP contribution < -0.4 is 10.1 Å². The second-order valence-electron chi connectivity index (χ2n) is 6.33. The Morgan fingerprint density at radius 2 is 2.30 bits per heavy atom. The van der Waals surface area contributed by atoms with Crippen molar-refractivity contribution < 1.29 is 9.47 Å². The summed E-state index contributed by atoms with van der Waals surface area (Å²) in [7, 11) is 0. The summed E-state index contributed by atoms with van der Waals surface area (Å²) in [5.74, 6) is 1.36. The van der Waals surface area contributed by atoms with Crippen molar-refractivity contribution >= 4 is 11.6 Å². The summed E-state index contributed by atoms with van der Waals surface area (Å²) in [5.41, 5.74) is 1.46. The topological polar surface area (TPSA) is 30.5 Å². The first-order valence-corrected chi connectivity index (χ1v) is 7.75. The molecule has 0 saturated carbocycles. The number of halogens is 1. The summed E-state index contributed by atoms with van der Waals surface area (Å²) in [5, 5.41) is 4.16. The van der Waals surface area contributed by atoms with Gasteiger partial charge >= 0.3 is 0 Å². The van der Waals surface area contributed by atoms with E-state index < -0.39 is 0 Å². The van der Waals surface area contributed by atoms with Crippen LogP contribution in [0.25, 0.3) is 0 Å². The molecule has 0 aromatic heterocycles. The molecule has 0 aliphatic carbocycles. The molecule has 0 radical (unpaired) electrons. The fourth-order valence-electron chi connectivity index (χ4n) is 2.81. The van der Waals surface area contributed by atoms with Crippen molar-refractivity contribution in [3.8, 4) is 5.75 Å². The van der Waals surface area contributed by atoms with Gasteiger partial charge in [-0.1, -0.05) is 24.6 Å². The maximum atomic E-state index is 6.36. The summed E-state index contributed by atoms with van der Waals surface area (Å²) in [6.07, 6.45) is 2.47. The molecule has 1 atom stereocenters. The molecular formula is C16H22ClNO2. The third-order valence-electron chi connectivity index (χ3n) is 4.20. The highest BCUT2D eigenvalue weighted by Crippen LogP contribution is 2.33. The van der Waals surface area contributed by atoms with E-state index in [-0.39, 0.29) is 5.41 Å². The van der Waals surface area contributed by atoms with Crippen molar-refractivity contribution in [2.75, 3.05) is 32.9 Å². The zero-order chi connectivity index (χ0) is 14.0. The van der Waals surface area contributed by atoms with Gasteiger partial charge in [-0.3, -0.25) is 0 Å². The van der Waals surface area contributed by atoms with Crippen LogP contribution in [0.5, 0.6) is 5.75 Å². The molecule has 2 heterocycles. The van der Waals surface area contributed by atoms with Crippen molar-refractivity contribution in [2.45, 2.75) is 25.7 Å². The third kappa shape index (κ3) is 3.11.